The Bertz CT molecular complexity index is 353. The summed E-state index contributed by atoms with van der Waals surface area (Å²) < 4.78 is 0. The van der Waals surface area contributed by atoms with E-state index in [1.165, 1.54) is 0 Å². The van der Waals surface area contributed by atoms with Gasteiger partial charge in [-0.3, -0.25) is 14.8 Å². The second kappa shape index (κ2) is 6.31. The SMILES string of the molecule is OCCN1CCN(Cc2cc(Cl)ccn2)CC1. The molecule has 1 saturated heterocycles. The lowest BCUT2D eigenvalue weighted by molar-refractivity contribution is 0.107. The van der Waals surface area contributed by atoms with Gasteiger partial charge in [-0.2, -0.15) is 0 Å². The molecule has 0 saturated carbocycles. The maximum absolute atomic E-state index is 8.87. The molecule has 1 fully saturated rings. The van der Waals surface area contributed by atoms with Crippen LogP contribution in [0.15, 0.2) is 18.3 Å². The van der Waals surface area contributed by atoms with E-state index >= 15 is 0 Å². The fourth-order valence-electron chi connectivity index (χ4n) is 2.08. The Kier molecular flexibility index (Phi) is 4.74. The van der Waals surface area contributed by atoms with Gasteiger partial charge in [-0.15, -0.1) is 0 Å². The van der Waals surface area contributed by atoms with E-state index in [1.54, 1.807) is 12.3 Å². The van der Waals surface area contributed by atoms with Gasteiger partial charge in [-0.25, -0.2) is 0 Å². The topological polar surface area (TPSA) is 39.6 Å². The molecule has 94 valence electrons. The molecule has 0 aromatic carbocycles. The standard InChI is InChI=1S/C12H18ClN3O/c13-11-1-2-14-12(9-11)10-16-5-3-15(4-6-16)7-8-17/h1-2,9,17H,3-8,10H2. The van der Waals surface area contributed by atoms with Crippen LogP contribution < -0.4 is 0 Å². The van der Waals surface area contributed by atoms with Crippen LogP contribution >= 0.6 is 11.6 Å². The summed E-state index contributed by atoms with van der Waals surface area (Å²) in [7, 11) is 0. The highest BCUT2D eigenvalue weighted by Gasteiger charge is 2.16. The van der Waals surface area contributed by atoms with Crippen LogP contribution in [-0.4, -0.2) is 59.2 Å². The van der Waals surface area contributed by atoms with Gasteiger partial charge in [0.1, 0.15) is 0 Å². The number of β-amino-alcohol motifs (C(OH)–C–C–N with tert-alkyl or cyclic N) is 1. The molecular formula is C12H18ClN3O. The Labute approximate surface area is 107 Å². The molecule has 2 heterocycles. The van der Waals surface area contributed by atoms with Crippen molar-refractivity contribution in [3.63, 3.8) is 0 Å². The molecule has 17 heavy (non-hydrogen) atoms. The minimum Gasteiger partial charge on any atom is -0.395 e. The average Bonchev–Trinajstić information content (AvgIpc) is 2.32. The lowest BCUT2D eigenvalue weighted by atomic mass is 10.2. The zero-order chi connectivity index (χ0) is 12.1. The maximum atomic E-state index is 8.87. The lowest BCUT2D eigenvalue weighted by Crippen LogP contribution is -2.46. The highest BCUT2D eigenvalue weighted by Crippen LogP contribution is 2.11. The van der Waals surface area contributed by atoms with E-state index in [9.17, 15) is 0 Å². The Balaban J connectivity index is 1.82. The summed E-state index contributed by atoms with van der Waals surface area (Å²) in [5.74, 6) is 0. The first-order valence-electron chi connectivity index (χ1n) is 5.94. The van der Waals surface area contributed by atoms with Gasteiger partial charge >= 0.3 is 0 Å². The summed E-state index contributed by atoms with van der Waals surface area (Å²) >= 11 is 5.93. The van der Waals surface area contributed by atoms with Crippen molar-refractivity contribution in [1.82, 2.24) is 14.8 Å². The van der Waals surface area contributed by atoms with Crippen molar-refractivity contribution in [1.29, 1.82) is 0 Å². The van der Waals surface area contributed by atoms with Gasteiger partial charge in [-0.1, -0.05) is 11.6 Å². The molecule has 1 aromatic heterocycles. The van der Waals surface area contributed by atoms with Gasteiger partial charge in [0.15, 0.2) is 0 Å². The molecular weight excluding hydrogens is 238 g/mol. The zero-order valence-corrected chi connectivity index (χ0v) is 10.6. The molecule has 4 nitrogen and oxygen atoms in total. The van der Waals surface area contributed by atoms with Crippen molar-refractivity contribution >= 4 is 11.6 Å². The fourth-order valence-corrected chi connectivity index (χ4v) is 2.26. The molecule has 5 heteroatoms. The Morgan fingerprint density at radius 2 is 1.94 bits per heavy atom. The van der Waals surface area contributed by atoms with Crippen molar-refractivity contribution in [2.75, 3.05) is 39.3 Å². The second-order valence-corrected chi connectivity index (χ2v) is 4.74. The van der Waals surface area contributed by atoms with E-state index in [0.29, 0.717) is 0 Å². The molecule has 1 aliphatic heterocycles. The molecule has 0 radical (unpaired) electrons. The van der Waals surface area contributed by atoms with Crippen LogP contribution in [0.1, 0.15) is 5.69 Å². The third kappa shape index (κ3) is 3.92. The maximum Gasteiger partial charge on any atom is 0.0558 e. The van der Waals surface area contributed by atoms with Crippen LogP contribution in [0.5, 0.6) is 0 Å². The third-order valence-electron chi connectivity index (χ3n) is 3.05. The predicted molar refractivity (Wildman–Crippen MR) is 68.0 cm³/mol. The van der Waals surface area contributed by atoms with Crippen LogP contribution in [-0.2, 0) is 6.54 Å². The third-order valence-corrected chi connectivity index (χ3v) is 3.28. The molecule has 0 bridgehead atoms. The number of halogens is 1. The van der Waals surface area contributed by atoms with E-state index in [1.807, 2.05) is 6.07 Å². The van der Waals surface area contributed by atoms with Crippen LogP contribution in [0.4, 0.5) is 0 Å². The number of hydrogen-bond donors (Lipinski definition) is 1. The van der Waals surface area contributed by atoms with E-state index in [2.05, 4.69) is 14.8 Å². The van der Waals surface area contributed by atoms with Crippen LogP contribution in [0, 0.1) is 0 Å². The summed E-state index contributed by atoms with van der Waals surface area (Å²) in [4.78, 5) is 8.96. The van der Waals surface area contributed by atoms with Gasteiger partial charge < -0.3 is 5.11 Å². The van der Waals surface area contributed by atoms with Crippen LogP contribution in [0.25, 0.3) is 0 Å². The number of aromatic nitrogens is 1. The number of aliphatic hydroxyl groups is 1. The fraction of sp³-hybridized carbons (Fsp3) is 0.583. The average molecular weight is 256 g/mol. The highest BCUT2D eigenvalue weighted by molar-refractivity contribution is 6.30. The summed E-state index contributed by atoms with van der Waals surface area (Å²) in [6.07, 6.45) is 1.75. The second-order valence-electron chi connectivity index (χ2n) is 4.31. The zero-order valence-electron chi connectivity index (χ0n) is 9.85. The Hall–Kier alpha value is -0.680. The summed E-state index contributed by atoms with van der Waals surface area (Å²) in [5.41, 5.74) is 1.02. The molecule has 1 aliphatic rings. The summed E-state index contributed by atoms with van der Waals surface area (Å²) in [6, 6.07) is 3.71. The van der Waals surface area contributed by atoms with E-state index in [-0.39, 0.29) is 6.61 Å². The normalized spacial score (nSPS) is 18.5. The van der Waals surface area contributed by atoms with Crippen molar-refractivity contribution in [2.24, 2.45) is 0 Å². The lowest BCUT2D eigenvalue weighted by Gasteiger charge is -2.34. The quantitative estimate of drug-likeness (QED) is 0.866. The molecule has 0 atom stereocenters. The molecule has 0 unspecified atom stereocenters. The van der Waals surface area contributed by atoms with Gasteiger partial charge in [0.05, 0.1) is 12.3 Å². The Morgan fingerprint density at radius 3 is 2.59 bits per heavy atom. The number of aliphatic hydroxyl groups excluding tert-OH is 1. The first-order valence-corrected chi connectivity index (χ1v) is 6.32. The molecule has 0 spiro atoms. The van der Waals surface area contributed by atoms with Crippen molar-refractivity contribution in [2.45, 2.75) is 6.54 Å². The van der Waals surface area contributed by atoms with Crippen LogP contribution in [0.2, 0.25) is 5.02 Å². The number of pyridine rings is 1. The summed E-state index contributed by atoms with van der Waals surface area (Å²) in [5, 5.41) is 9.61. The Morgan fingerprint density at radius 1 is 1.24 bits per heavy atom. The minimum absolute atomic E-state index is 0.246. The number of hydrogen-bond acceptors (Lipinski definition) is 4. The molecule has 2 rings (SSSR count). The first kappa shape index (κ1) is 12.8. The van der Waals surface area contributed by atoms with E-state index in [4.69, 9.17) is 16.7 Å². The van der Waals surface area contributed by atoms with Crippen molar-refractivity contribution < 1.29 is 5.11 Å². The molecule has 0 amide bonds. The highest BCUT2D eigenvalue weighted by atomic mass is 35.5. The minimum atomic E-state index is 0.246. The van der Waals surface area contributed by atoms with Gasteiger partial charge in [0.25, 0.3) is 0 Å². The van der Waals surface area contributed by atoms with Crippen molar-refractivity contribution in [3.05, 3.63) is 29.0 Å². The number of rotatable bonds is 4. The first-order chi connectivity index (χ1) is 8.28. The molecule has 1 aromatic rings. The molecule has 1 N–H and O–H groups in total. The number of piperazine rings is 1. The van der Waals surface area contributed by atoms with Crippen molar-refractivity contribution in [3.8, 4) is 0 Å². The largest absolute Gasteiger partial charge is 0.395 e. The van der Waals surface area contributed by atoms with E-state index < -0.39 is 0 Å². The van der Waals surface area contributed by atoms with E-state index in [0.717, 1.165) is 50.0 Å². The van der Waals surface area contributed by atoms with Gasteiger partial charge in [-0.05, 0) is 12.1 Å². The monoisotopic (exact) mass is 255 g/mol. The summed E-state index contributed by atoms with van der Waals surface area (Å²) in [6.45, 7) is 5.96. The van der Waals surface area contributed by atoms with Crippen LogP contribution in [0.3, 0.4) is 0 Å². The predicted octanol–water partition coefficient (Wildman–Crippen LogP) is 0.845. The van der Waals surface area contributed by atoms with Gasteiger partial charge in [0, 0.05) is 50.5 Å². The van der Waals surface area contributed by atoms with Gasteiger partial charge in [0.2, 0.25) is 0 Å². The molecule has 0 aliphatic carbocycles. The smallest absolute Gasteiger partial charge is 0.0558 e. The number of nitrogens with zero attached hydrogens (tertiary/aromatic N) is 3.